The number of aromatic nitrogens is 2. The molecule has 14 heteroatoms. The first-order valence-electron chi connectivity index (χ1n) is 21.0. The Morgan fingerprint density at radius 3 is 2.26 bits per heavy atom. The fourth-order valence-corrected chi connectivity index (χ4v) is 9.46. The molecule has 0 aliphatic carbocycles. The Kier molecular flexibility index (Phi) is 19.4. The second-order valence-corrected chi connectivity index (χ2v) is 18.3. The van der Waals surface area contributed by atoms with Crippen molar-refractivity contribution in [3.8, 4) is 0 Å². The van der Waals surface area contributed by atoms with E-state index < -0.39 is 52.1 Å². The van der Waals surface area contributed by atoms with E-state index in [2.05, 4.69) is 28.5 Å². The molecule has 3 rings (SSSR count). The number of likely N-dealkylation sites (tertiary alicyclic amines) is 1. The van der Waals surface area contributed by atoms with Crippen LogP contribution in [0.25, 0.3) is 0 Å². The van der Waals surface area contributed by atoms with Gasteiger partial charge in [0.05, 0.1) is 36.5 Å². The highest BCUT2D eigenvalue weighted by atomic mass is 32.2. The summed E-state index contributed by atoms with van der Waals surface area (Å²) in [6.45, 7) is 14.2. The summed E-state index contributed by atoms with van der Waals surface area (Å²) in [7, 11) is 1.02. The number of ether oxygens (including phenoxy) is 2. The maximum Gasteiger partial charge on any atom is 0.237 e. The lowest BCUT2D eigenvalue weighted by atomic mass is 9.85. The van der Waals surface area contributed by atoms with Gasteiger partial charge >= 0.3 is 0 Å². The lowest BCUT2D eigenvalue weighted by Crippen LogP contribution is -2.54. The number of likely N-dealkylation sites (N-methyl/N-ethyl adjacent to an activating group) is 1. The van der Waals surface area contributed by atoms with Gasteiger partial charge < -0.3 is 19.3 Å². The van der Waals surface area contributed by atoms with E-state index >= 15 is 0 Å². The molecule has 2 heterocycles. The Morgan fingerprint density at radius 1 is 0.983 bits per heavy atom. The number of unbranched alkanes of at least 4 members (excludes halogenated alkanes) is 1. The van der Waals surface area contributed by atoms with E-state index in [0.29, 0.717) is 44.5 Å². The molecular formula is C44H69N5O8S. The van der Waals surface area contributed by atoms with E-state index in [4.69, 9.17) is 9.47 Å². The topological polar surface area (TPSA) is 165 Å². The Morgan fingerprint density at radius 2 is 1.67 bits per heavy atom. The number of hydrogen-bond acceptors (Lipinski definition) is 10. The van der Waals surface area contributed by atoms with Crippen molar-refractivity contribution in [2.45, 2.75) is 131 Å². The number of sulfonamides is 1. The molecule has 58 heavy (non-hydrogen) atoms. The highest BCUT2D eigenvalue weighted by Crippen LogP contribution is 2.31. The van der Waals surface area contributed by atoms with Crippen molar-refractivity contribution < 1.29 is 37.1 Å². The zero-order valence-electron chi connectivity index (χ0n) is 36.5. The minimum Gasteiger partial charge on any atom is -0.379 e. The van der Waals surface area contributed by atoms with Gasteiger partial charge in [-0.2, -0.15) is 0 Å². The van der Waals surface area contributed by atoms with Gasteiger partial charge in [-0.1, -0.05) is 84.7 Å². The van der Waals surface area contributed by atoms with Crippen LogP contribution in [0.15, 0.2) is 42.6 Å². The first-order valence-corrected chi connectivity index (χ1v) is 22.6. The van der Waals surface area contributed by atoms with Crippen LogP contribution in [0, 0.1) is 36.5 Å². The largest absolute Gasteiger partial charge is 0.379 e. The third kappa shape index (κ3) is 13.7. The summed E-state index contributed by atoms with van der Waals surface area (Å²) in [6.07, 6.45) is 4.01. The molecule has 0 unspecified atom stereocenters. The van der Waals surface area contributed by atoms with Gasteiger partial charge in [-0.05, 0) is 56.1 Å². The maximum atomic E-state index is 14.3. The first kappa shape index (κ1) is 48.6. The van der Waals surface area contributed by atoms with E-state index in [-0.39, 0.29) is 60.4 Å². The number of methoxy groups -OCH3 is 2. The Labute approximate surface area is 347 Å². The molecule has 1 fully saturated rings. The van der Waals surface area contributed by atoms with Gasteiger partial charge in [-0.25, -0.2) is 18.4 Å². The molecule has 1 N–H and O–H groups in total. The summed E-state index contributed by atoms with van der Waals surface area (Å²) >= 11 is 0. The van der Waals surface area contributed by atoms with E-state index in [1.165, 1.54) is 7.11 Å². The lowest BCUT2D eigenvalue weighted by molar-refractivity contribution is -0.148. The molecular weight excluding hydrogens is 759 g/mol. The van der Waals surface area contributed by atoms with Gasteiger partial charge in [0.15, 0.2) is 0 Å². The average molecular weight is 828 g/mol. The summed E-state index contributed by atoms with van der Waals surface area (Å²) in [5.74, 6) is -2.70. The zero-order chi connectivity index (χ0) is 43.2. The summed E-state index contributed by atoms with van der Waals surface area (Å²) in [5.41, 5.74) is 1.64. The molecule has 1 aromatic heterocycles. The number of nitrogens with zero attached hydrogens (tertiary/aromatic N) is 4. The summed E-state index contributed by atoms with van der Waals surface area (Å²) < 4.78 is 39.7. The monoisotopic (exact) mass is 827 g/mol. The molecule has 1 aliphatic rings. The van der Waals surface area contributed by atoms with Crippen LogP contribution in [-0.4, -0.2) is 110 Å². The van der Waals surface area contributed by atoms with E-state index in [9.17, 15) is 27.6 Å². The predicted molar refractivity (Wildman–Crippen MR) is 225 cm³/mol. The quantitative estimate of drug-likeness (QED) is 0.141. The van der Waals surface area contributed by atoms with Crippen LogP contribution in [-0.2, 0) is 51.5 Å². The summed E-state index contributed by atoms with van der Waals surface area (Å²) in [6, 6.07) is 10.2. The molecule has 1 aliphatic heterocycles. The van der Waals surface area contributed by atoms with E-state index in [1.807, 2.05) is 64.1 Å². The average Bonchev–Trinajstić information content (AvgIpc) is 3.68. The van der Waals surface area contributed by atoms with Gasteiger partial charge in [-0.3, -0.25) is 23.9 Å². The molecule has 1 aromatic carbocycles. The highest BCUT2D eigenvalue weighted by molar-refractivity contribution is 7.90. The molecule has 3 amide bonds. The Bertz CT molecular complexity index is 1740. The van der Waals surface area contributed by atoms with Crippen LogP contribution in [0.3, 0.4) is 0 Å². The van der Waals surface area contributed by atoms with Crippen molar-refractivity contribution in [1.29, 1.82) is 0 Å². The number of amides is 3. The molecule has 0 saturated carbocycles. The standard InChI is InChI=1S/C44H69N5O8S/c1-11-13-24-58(54,55)47-43(52)34(25-33-18-15-14-16-19-33)26-37(50)32(7)42(57-10)36-20-17-23-49(36)40(51)28-38(56-9)41(30(5)12-2)48(8)44(53)35(29(3)4)27-39-45-22-21-31(6)46-39/h14-16,18-19,21-22,29-30,32,34-36,38,41-42H,11-13,17,20,23-28H2,1-10H3,(H,47,52)/t30-,32-,34+,35-,36-,38+,41-,42+/m0/s1. The molecule has 2 aromatic rings. The highest BCUT2D eigenvalue weighted by Gasteiger charge is 2.43. The molecule has 13 nitrogen and oxygen atoms in total. The van der Waals surface area contributed by atoms with Crippen molar-refractivity contribution in [3.05, 3.63) is 59.7 Å². The number of nitrogens with one attached hydrogen (secondary N) is 1. The Hall–Kier alpha value is -3.75. The minimum atomic E-state index is -3.86. The number of benzene rings is 1. The van der Waals surface area contributed by atoms with Crippen molar-refractivity contribution in [1.82, 2.24) is 24.5 Å². The van der Waals surface area contributed by atoms with Crippen molar-refractivity contribution in [2.24, 2.45) is 29.6 Å². The third-order valence-corrected chi connectivity index (χ3v) is 13.2. The molecule has 0 bridgehead atoms. The molecule has 1 saturated heterocycles. The minimum absolute atomic E-state index is 0.0103. The number of ketones is 1. The second-order valence-electron chi connectivity index (χ2n) is 16.5. The Balaban J connectivity index is 1.81. The molecule has 324 valence electrons. The lowest BCUT2D eigenvalue weighted by Gasteiger charge is -2.40. The van der Waals surface area contributed by atoms with Gasteiger partial charge in [0.1, 0.15) is 11.6 Å². The van der Waals surface area contributed by atoms with E-state index in [1.54, 1.807) is 37.1 Å². The van der Waals surface area contributed by atoms with Crippen LogP contribution >= 0.6 is 0 Å². The number of carbonyl (C=O) groups is 4. The fraction of sp³-hybridized carbons (Fsp3) is 0.682. The summed E-state index contributed by atoms with van der Waals surface area (Å²) in [5, 5.41) is 0. The SMILES string of the molecule is CCCCS(=O)(=O)NC(=O)[C@@H](CC(=O)[C@H](C)[C@@H](OC)[C@@H]1CCCN1C(=O)C[C@@H](OC)[C@H]([C@@H](C)CC)N(C)C(=O)[C@@H](Cc1nccc(C)n1)C(C)C)Cc1ccccc1. The number of hydrogen-bond donors (Lipinski definition) is 1. The summed E-state index contributed by atoms with van der Waals surface area (Å²) in [4.78, 5) is 68.6. The third-order valence-electron chi connectivity index (χ3n) is 11.9. The van der Waals surface area contributed by atoms with Gasteiger partial charge in [0, 0.05) is 70.3 Å². The van der Waals surface area contributed by atoms with Crippen LogP contribution in [0.5, 0.6) is 0 Å². The van der Waals surface area contributed by atoms with Crippen molar-refractivity contribution >= 4 is 33.5 Å². The normalized spacial score (nSPS) is 18.2. The first-order chi connectivity index (χ1) is 27.5. The van der Waals surface area contributed by atoms with Gasteiger partial charge in [0.25, 0.3) is 0 Å². The van der Waals surface area contributed by atoms with Crippen LogP contribution in [0.1, 0.15) is 104 Å². The number of Topliss-reactive ketones (excluding diaryl/α,β-unsaturated/α-hetero) is 1. The van der Waals surface area contributed by atoms with Crippen molar-refractivity contribution in [2.75, 3.05) is 33.6 Å². The molecule has 0 spiro atoms. The fourth-order valence-electron chi connectivity index (χ4n) is 8.21. The van der Waals surface area contributed by atoms with Crippen molar-refractivity contribution in [3.63, 3.8) is 0 Å². The number of rotatable bonds is 24. The number of aryl methyl sites for hydroxylation is 1. The second kappa shape index (κ2) is 23.1. The smallest absolute Gasteiger partial charge is 0.237 e. The van der Waals surface area contributed by atoms with E-state index in [0.717, 1.165) is 17.7 Å². The number of carbonyl (C=O) groups excluding carboxylic acids is 4. The van der Waals surface area contributed by atoms with Gasteiger partial charge in [0.2, 0.25) is 27.7 Å². The van der Waals surface area contributed by atoms with Crippen LogP contribution < -0.4 is 4.72 Å². The predicted octanol–water partition coefficient (Wildman–Crippen LogP) is 5.58. The molecule has 8 atom stereocenters. The van der Waals surface area contributed by atoms with Crippen LogP contribution in [0.2, 0.25) is 0 Å². The van der Waals surface area contributed by atoms with Crippen LogP contribution in [0.4, 0.5) is 0 Å². The molecule has 0 radical (unpaired) electrons. The van der Waals surface area contributed by atoms with Gasteiger partial charge in [-0.15, -0.1) is 0 Å². The maximum absolute atomic E-state index is 14.3. The zero-order valence-corrected chi connectivity index (χ0v) is 37.3.